The molecule has 3 aromatic rings. The van der Waals surface area contributed by atoms with Gasteiger partial charge in [0.05, 0.1) is 21.9 Å². The molecule has 0 bridgehead atoms. The summed E-state index contributed by atoms with van der Waals surface area (Å²) in [7, 11) is 0. The van der Waals surface area contributed by atoms with E-state index in [-0.39, 0.29) is 12.5 Å². The van der Waals surface area contributed by atoms with Crippen molar-refractivity contribution in [1.29, 1.82) is 0 Å². The maximum Gasteiger partial charge on any atom is 0.277 e. The number of aryl methyl sites for hydroxylation is 2. The van der Waals surface area contributed by atoms with Crippen LogP contribution >= 0.6 is 23.2 Å². The lowest BCUT2D eigenvalue weighted by molar-refractivity contribution is -0.123. The van der Waals surface area contributed by atoms with Gasteiger partial charge in [-0.15, -0.1) is 0 Å². The van der Waals surface area contributed by atoms with E-state index in [1.807, 2.05) is 67.8 Å². The molecular weight excluding hydrogens is 409 g/mol. The van der Waals surface area contributed by atoms with Crippen LogP contribution in [0.1, 0.15) is 22.5 Å². The molecule has 150 valence electrons. The normalized spacial score (nSPS) is 11.1. The molecule has 7 heteroatoms. The zero-order chi connectivity index (χ0) is 21.0. The summed E-state index contributed by atoms with van der Waals surface area (Å²) in [5, 5.41) is 5.03. The van der Waals surface area contributed by atoms with E-state index in [1.165, 1.54) is 0 Å². The van der Waals surface area contributed by atoms with Crippen LogP contribution in [-0.4, -0.2) is 23.3 Å². The number of nitrogens with one attached hydrogen (secondary N) is 1. The van der Waals surface area contributed by atoms with Crippen LogP contribution in [0.25, 0.3) is 5.69 Å². The van der Waals surface area contributed by atoms with Gasteiger partial charge in [0.15, 0.2) is 6.61 Å². The Morgan fingerprint density at radius 3 is 2.66 bits per heavy atom. The summed E-state index contributed by atoms with van der Waals surface area (Å²) in [6, 6.07) is 15.0. The van der Waals surface area contributed by atoms with Crippen molar-refractivity contribution in [3.05, 3.63) is 81.1 Å². The Bertz CT molecular complexity index is 1070. The van der Waals surface area contributed by atoms with Crippen molar-refractivity contribution in [2.75, 3.05) is 6.61 Å². The number of amides is 1. The lowest BCUT2D eigenvalue weighted by atomic mass is 10.2. The summed E-state index contributed by atoms with van der Waals surface area (Å²) < 4.78 is 7.51. The Hall–Kier alpha value is -2.76. The zero-order valence-electron chi connectivity index (χ0n) is 16.4. The SMILES string of the molecule is Cc1ccccc1OCC(=O)N/N=C\c1cc(C)n(-c2cccc(Cl)c2Cl)c1C. The molecule has 0 aliphatic heterocycles. The Morgan fingerprint density at radius 1 is 1.14 bits per heavy atom. The van der Waals surface area contributed by atoms with Crippen LogP contribution in [0, 0.1) is 20.8 Å². The van der Waals surface area contributed by atoms with E-state index < -0.39 is 0 Å². The molecule has 0 spiro atoms. The minimum Gasteiger partial charge on any atom is -0.483 e. The maximum atomic E-state index is 12.0. The van der Waals surface area contributed by atoms with E-state index in [2.05, 4.69) is 10.5 Å². The number of nitrogens with zero attached hydrogens (tertiary/aromatic N) is 2. The molecular formula is C22H21Cl2N3O2. The van der Waals surface area contributed by atoms with E-state index in [0.717, 1.165) is 28.2 Å². The maximum absolute atomic E-state index is 12.0. The van der Waals surface area contributed by atoms with Crippen molar-refractivity contribution in [2.45, 2.75) is 20.8 Å². The van der Waals surface area contributed by atoms with E-state index in [0.29, 0.717) is 15.8 Å². The first-order valence-corrected chi connectivity index (χ1v) is 9.77. The van der Waals surface area contributed by atoms with Gasteiger partial charge in [0.25, 0.3) is 5.91 Å². The van der Waals surface area contributed by atoms with Gasteiger partial charge in [-0.25, -0.2) is 5.43 Å². The third kappa shape index (κ3) is 4.81. The van der Waals surface area contributed by atoms with Crippen LogP contribution in [-0.2, 0) is 4.79 Å². The molecule has 5 nitrogen and oxygen atoms in total. The molecule has 0 atom stereocenters. The molecule has 29 heavy (non-hydrogen) atoms. The predicted octanol–water partition coefficient (Wildman–Crippen LogP) is 5.24. The van der Waals surface area contributed by atoms with Gasteiger partial charge in [-0.2, -0.15) is 5.10 Å². The molecule has 1 heterocycles. The number of ether oxygens (including phenoxy) is 1. The van der Waals surface area contributed by atoms with Crippen molar-refractivity contribution >= 4 is 35.3 Å². The largest absolute Gasteiger partial charge is 0.483 e. The first-order chi connectivity index (χ1) is 13.9. The summed E-state index contributed by atoms with van der Waals surface area (Å²) in [6.45, 7) is 5.73. The molecule has 0 unspecified atom stereocenters. The monoisotopic (exact) mass is 429 g/mol. The molecule has 2 aromatic carbocycles. The highest BCUT2D eigenvalue weighted by Crippen LogP contribution is 2.31. The Labute approximate surface area is 179 Å². The van der Waals surface area contributed by atoms with Crippen LogP contribution in [0.5, 0.6) is 5.75 Å². The van der Waals surface area contributed by atoms with Crippen LogP contribution < -0.4 is 10.2 Å². The van der Waals surface area contributed by atoms with E-state index in [1.54, 1.807) is 12.3 Å². The number of carbonyl (C=O) groups is 1. The van der Waals surface area contributed by atoms with Crippen LogP contribution in [0.4, 0.5) is 0 Å². The average molecular weight is 430 g/mol. The Kier molecular flexibility index (Phi) is 6.62. The lowest BCUT2D eigenvalue weighted by Crippen LogP contribution is -2.24. The van der Waals surface area contributed by atoms with E-state index in [9.17, 15) is 4.79 Å². The van der Waals surface area contributed by atoms with Gasteiger partial charge in [-0.05, 0) is 50.6 Å². The van der Waals surface area contributed by atoms with Crippen molar-refractivity contribution < 1.29 is 9.53 Å². The van der Waals surface area contributed by atoms with Crippen molar-refractivity contribution in [2.24, 2.45) is 5.10 Å². The molecule has 0 aliphatic carbocycles. The van der Waals surface area contributed by atoms with Crippen molar-refractivity contribution in [1.82, 2.24) is 9.99 Å². The van der Waals surface area contributed by atoms with Gasteiger partial charge in [-0.1, -0.05) is 47.5 Å². The number of rotatable bonds is 6. The first-order valence-electron chi connectivity index (χ1n) is 9.02. The van der Waals surface area contributed by atoms with E-state index in [4.69, 9.17) is 27.9 Å². The van der Waals surface area contributed by atoms with Gasteiger partial charge in [0, 0.05) is 17.0 Å². The smallest absolute Gasteiger partial charge is 0.277 e. The molecule has 0 saturated carbocycles. The number of halogens is 2. The average Bonchev–Trinajstić information content (AvgIpc) is 2.97. The van der Waals surface area contributed by atoms with Crippen LogP contribution in [0.2, 0.25) is 10.0 Å². The molecule has 0 saturated heterocycles. The third-order valence-electron chi connectivity index (χ3n) is 4.49. The predicted molar refractivity (Wildman–Crippen MR) is 118 cm³/mol. The summed E-state index contributed by atoms with van der Waals surface area (Å²) in [4.78, 5) is 12.0. The second-order valence-corrected chi connectivity index (χ2v) is 7.37. The second kappa shape index (κ2) is 9.16. The minimum atomic E-state index is -0.337. The number of aromatic nitrogens is 1. The molecule has 3 rings (SSSR count). The summed E-state index contributed by atoms with van der Waals surface area (Å²) >= 11 is 12.5. The fourth-order valence-corrected chi connectivity index (χ4v) is 3.40. The molecule has 0 aliphatic rings. The number of hydrogen-bond donors (Lipinski definition) is 1. The fraction of sp³-hybridized carbons (Fsp3) is 0.182. The van der Waals surface area contributed by atoms with E-state index >= 15 is 0 Å². The number of hydrazone groups is 1. The van der Waals surface area contributed by atoms with Crippen LogP contribution in [0.3, 0.4) is 0 Å². The molecule has 1 amide bonds. The van der Waals surface area contributed by atoms with Gasteiger partial charge < -0.3 is 9.30 Å². The highest BCUT2D eigenvalue weighted by atomic mass is 35.5. The van der Waals surface area contributed by atoms with Crippen molar-refractivity contribution in [3.63, 3.8) is 0 Å². The fourth-order valence-electron chi connectivity index (χ4n) is 3.02. The van der Waals surface area contributed by atoms with Crippen molar-refractivity contribution in [3.8, 4) is 11.4 Å². The van der Waals surface area contributed by atoms with Gasteiger partial charge in [0.2, 0.25) is 0 Å². The third-order valence-corrected chi connectivity index (χ3v) is 5.30. The zero-order valence-corrected chi connectivity index (χ0v) is 17.9. The molecule has 1 aromatic heterocycles. The summed E-state index contributed by atoms with van der Waals surface area (Å²) in [6.07, 6.45) is 1.60. The Morgan fingerprint density at radius 2 is 1.90 bits per heavy atom. The minimum absolute atomic E-state index is 0.112. The first kappa shape index (κ1) is 21.0. The number of para-hydroxylation sites is 1. The standard InChI is InChI=1S/C22H21Cl2N3O2/c1-14-7-4-5-10-20(14)29-13-21(28)26-25-12-17-11-15(2)27(16(17)3)19-9-6-8-18(23)22(19)24/h4-12H,13H2,1-3H3,(H,26,28)/b25-12-. The summed E-state index contributed by atoms with van der Waals surface area (Å²) in [5.41, 5.74) is 7.02. The second-order valence-electron chi connectivity index (χ2n) is 6.58. The molecule has 0 radical (unpaired) electrons. The topological polar surface area (TPSA) is 55.6 Å². The summed E-state index contributed by atoms with van der Waals surface area (Å²) in [5.74, 6) is 0.338. The lowest BCUT2D eigenvalue weighted by Gasteiger charge is -2.12. The highest BCUT2D eigenvalue weighted by Gasteiger charge is 2.13. The molecule has 0 fully saturated rings. The van der Waals surface area contributed by atoms with Gasteiger partial charge in [-0.3, -0.25) is 4.79 Å². The van der Waals surface area contributed by atoms with Gasteiger partial charge in [0.1, 0.15) is 5.75 Å². The Balaban J connectivity index is 1.68. The van der Waals surface area contributed by atoms with Gasteiger partial charge >= 0.3 is 0 Å². The number of benzene rings is 2. The number of carbonyl (C=O) groups excluding carboxylic acids is 1. The quantitative estimate of drug-likeness (QED) is 0.430. The number of hydrogen-bond acceptors (Lipinski definition) is 3. The highest BCUT2D eigenvalue weighted by molar-refractivity contribution is 6.43. The molecule has 1 N–H and O–H groups in total. The van der Waals surface area contributed by atoms with Crippen LogP contribution in [0.15, 0.2) is 53.6 Å².